The fourth-order valence-corrected chi connectivity index (χ4v) is 3.73. The van der Waals surface area contributed by atoms with E-state index >= 15 is 0 Å². The van der Waals surface area contributed by atoms with Gasteiger partial charge in [-0.2, -0.15) is 0 Å². The smallest absolute Gasteiger partial charge is 0.244 e. The lowest BCUT2D eigenvalue weighted by Crippen LogP contribution is -2.43. The van der Waals surface area contributed by atoms with Crippen LogP contribution in [0.3, 0.4) is 0 Å². The number of alkyl halides is 2. The van der Waals surface area contributed by atoms with Crippen LogP contribution in [0.25, 0.3) is 0 Å². The number of carbonyl (C=O) groups is 1. The van der Waals surface area contributed by atoms with Gasteiger partial charge in [0.2, 0.25) is 5.91 Å². The molecule has 1 fully saturated rings. The van der Waals surface area contributed by atoms with Crippen LogP contribution in [0.2, 0.25) is 0 Å². The van der Waals surface area contributed by atoms with E-state index < -0.39 is 9.75 Å². The molecule has 1 aromatic rings. The van der Waals surface area contributed by atoms with Crippen LogP contribution in [0.1, 0.15) is 32.8 Å². The van der Waals surface area contributed by atoms with Gasteiger partial charge in [0.1, 0.15) is 4.87 Å². The quantitative estimate of drug-likeness (QED) is 0.768. The Balaban J connectivity index is 2.24. The fourth-order valence-electron chi connectivity index (χ4n) is 2.96. The Bertz CT molecular complexity index is 483. The molecular weight excluding hydrogens is 293 g/mol. The van der Waals surface area contributed by atoms with E-state index in [0.717, 1.165) is 5.56 Å². The van der Waals surface area contributed by atoms with Crippen molar-refractivity contribution >= 4 is 29.1 Å². The first-order valence-electron chi connectivity index (χ1n) is 7.00. The molecule has 1 saturated heterocycles. The zero-order chi connectivity index (χ0) is 15.0. The lowest BCUT2D eigenvalue weighted by molar-refractivity contribution is -0.130. The minimum absolute atomic E-state index is 0.00393. The van der Waals surface area contributed by atoms with E-state index in [9.17, 15) is 4.79 Å². The zero-order valence-electron chi connectivity index (χ0n) is 12.2. The van der Waals surface area contributed by atoms with E-state index in [4.69, 9.17) is 23.2 Å². The molecule has 0 bridgehead atoms. The van der Waals surface area contributed by atoms with Crippen LogP contribution in [0.15, 0.2) is 30.3 Å². The number of nitrogens with zero attached hydrogens (tertiary/aromatic N) is 1. The summed E-state index contributed by atoms with van der Waals surface area (Å²) >= 11 is 13.1. The zero-order valence-corrected chi connectivity index (χ0v) is 13.7. The molecule has 0 N–H and O–H groups in total. The predicted octanol–water partition coefficient (Wildman–Crippen LogP) is 4.05. The number of benzene rings is 1. The highest BCUT2D eigenvalue weighted by molar-refractivity contribution is 6.37. The van der Waals surface area contributed by atoms with Crippen LogP contribution in [-0.4, -0.2) is 27.1 Å². The lowest BCUT2D eigenvalue weighted by Gasteiger charge is -2.32. The van der Waals surface area contributed by atoms with Gasteiger partial charge in [0.15, 0.2) is 0 Å². The Hall–Kier alpha value is -0.730. The molecule has 0 spiro atoms. The molecule has 1 heterocycles. The van der Waals surface area contributed by atoms with Gasteiger partial charge in [-0.15, -0.1) is 23.2 Å². The molecule has 1 aromatic carbocycles. The van der Waals surface area contributed by atoms with Gasteiger partial charge in [-0.3, -0.25) is 4.79 Å². The summed E-state index contributed by atoms with van der Waals surface area (Å²) in [6.45, 7) is 7.03. The molecule has 110 valence electrons. The number of likely N-dealkylation sites (tertiary alicyclic amines) is 1. The number of amides is 1. The maximum Gasteiger partial charge on any atom is 0.244 e. The molecule has 0 unspecified atom stereocenters. The number of carbonyl (C=O) groups excluding carboxylic acids is 1. The van der Waals surface area contributed by atoms with Crippen molar-refractivity contribution in [2.45, 2.75) is 43.5 Å². The maximum absolute atomic E-state index is 12.7. The summed E-state index contributed by atoms with van der Waals surface area (Å²) in [7, 11) is 0. The van der Waals surface area contributed by atoms with Crippen LogP contribution in [-0.2, 0) is 11.3 Å². The summed E-state index contributed by atoms with van der Waals surface area (Å²) in [5.41, 5.74) is 1.11. The van der Waals surface area contributed by atoms with Crippen molar-refractivity contribution in [1.29, 1.82) is 0 Å². The topological polar surface area (TPSA) is 20.3 Å². The standard InChI is InChI=1S/C16H21Cl2NO/c1-4-16(18)13(15(2,3)17)11-19(14(16)20)10-12-8-6-5-7-9-12/h5-9,13H,4,10-11H2,1-3H3/t13-,16+/m1/s1. The third-order valence-corrected chi connectivity index (χ3v) is 5.11. The van der Waals surface area contributed by atoms with Gasteiger partial charge in [0, 0.05) is 23.9 Å². The van der Waals surface area contributed by atoms with Gasteiger partial charge in [-0.25, -0.2) is 0 Å². The number of hydrogen-bond acceptors (Lipinski definition) is 1. The second-order valence-corrected chi connectivity index (χ2v) is 7.65. The van der Waals surface area contributed by atoms with E-state index in [2.05, 4.69) is 0 Å². The van der Waals surface area contributed by atoms with Crippen molar-refractivity contribution in [3.05, 3.63) is 35.9 Å². The molecule has 2 nitrogen and oxygen atoms in total. The normalized spacial score (nSPS) is 27.1. The van der Waals surface area contributed by atoms with Gasteiger partial charge >= 0.3 is 0 Å². The number of halogens is 2. The Morgan fingerprint density at radius 3 is 2.40 bits per heavy atom. The summed E-state index contributed by atoms with van der Waals surface area (Å²) in [6, 6.07) is 9.97. The number of hydrogen-bond donors (Lipinski definition) is 0. The SMILES string of the molecule is CC[C@@]1(Cl)C(=O)N(Cc2ccccc2)C[C@@H]1C(C)(C)Cl. The molecular formula is C16H21Cl2NO. The molecule has 1 aliphatic rings. The highest BCUT2D eigenvalue weighted by atomic mass is 35.5. The molecule has 0 aliphatic carbocycles. The van der Waals surface area contributed by atoms with Crippen molar-refractivity contribution in [3.8, 4) is 0 Å². The molecule has 20 heavy (non-hydrogen) atoms. The number of rotatable bonds is 4. The van der Waals surface area contributed by atoms with E-state index in [1.54, 1.807) is 0 Å². The summed E-state index contributed by atoms with van der Waals surface area (Å²) in [5.74, 6) is -0.0520. The van der Waals surface area contributed by atoms with E-state index in [0.29, 0.717) is 19.5 Å². The van der Waals surface area contributed by atoms with Crippen molar-refractivity contribution in [2.75, 3.05) is 6.54 Å². The Labute approximate surface area is 131 Å². The van der Waals surface area contributed by atoms with E-state index in [1.807, 2.05) is 56.0 Å². The van der Waals surface area contributed by atoms with Crippen molar-refractivity contribution in [1.82, 2.24) is 4.90 Å². The molecule has 2 atom stereocenters. The first-order valence-corrected chi connectivity index (χ1v) is 7.75. The van der Waals surface area contributed by atoms with Crippen LogP contribution in [0.4, 0.5) is 0 Å². The first kappa shape index (κ1) is 15.7. The summed E-state index contributed by atoms with van der Waals surface area (Å²) in [4.78, 5) is 13.1. The average molecular weight is 314 g/mol. The summed E-state index contributed by atoms with van der Waals surface area (Å²) in [5, 5.41) is 0. The monoisotopic (exact) mass is 313 g/mol. The molecule has 1 amide bonds. The fraction of sp³-hybridized carbons (Fsp3) is 0.562. The van der Waals surface area contributed by atoms with Gasteiger partial charge in [0.25, 0.3) is 0 Å². The molecule has 1 aliphatic heterocycles. The molecule has 4 heteroatoms. The highest BCUT2D eigenvalue weighted by Crippen LogP contribution is 2.46. The van der Waals surface area contributed by atoms with Crippen molar-refractivity contribution < 1.29 is 4.79 Å². The second-order valence-electron chi connectivity index (χ2n) is 6.00. The molecule has 2 rings (SSSR count). The Kier molecular flexibility index (Phi) is 4.36. The van der Waals surface area contributed by atoms with Crippen molar-refractivity contribution in [3.63, 3.8) is 0 Å². The minimum atomic E-state index is -0.875. The summed E-state index contributed by atoms with van der Waals surface area (Å²) in [6.07, 6.45) is 0.597. The minimum Gasteiger partial charge on any atom is -0.336 e. The van der Waals surface area contributed by atoms with Crippen LogP contribution >= 0.6 is 23.2 Å². The maximum atomic E-state index is 12.7. The van der Waals surface area contributed by atoms with Gasteiger partial charge in [-0.05, 0) is 25.8 Å². The van der Waals surface area contributed by atoms with Gasteiger partial charge in [-0.1, -0.05) is 37.3 Å². The highest BCUT2D eigenvalue weighted by Gasteiger charge is 2.56. The molecule has 0 aromatic heterocycles. The third kappa shape index (κ3) is 2.82. The van der Waals surface area contributed by atoms with Gasteiger partial charge in [0.05, 0.1) is 0 Å². The van der Waals surface area contributed by atoms with Crippen molar-refractivity contribution in [2.24, 2.45) is 5.92 Å². The Morgan fingerprint density at radius 1 is 1.35 bits per heavy atom. The molecule has 0 radical (unpaired) electrons. The first-order chi connectivity index (χ1) is 9.29. The lowest BCUT2D eigenvalue weighted by atomic mass is 9.83. The van der Waals surface area contributed by atoms with Crippen LogP contribution in [0, 0.1) is 5.92 Å². The van der Waals surface area contributed by atoms with Gasteiger partial charge < -0.3 is 4.90 Å². The van der Waals surface area contributed by atoms with E-state index in [-0.39, 0.29) is 11.8 Å². The second kappa shape index (κ2) is 5.57. The average Bonchev–Trinajstić information content (AvgIpc) is 2.65. The predicted molar refractivity (Wildman–Crippen MR) is 84.2 cm³/mol. The largest absolute Gasteiger partial charge is 0.336 e. The molecule has 0 saturated carbocycles. The van der Waals surface area contributed by atoms with E-state index in [1.165, 1.54) is 0 Å². The third-order valence-electron chi connectivity index (χ3n) is 4.16. The van der Waals surface area contributed by atoms with Crippen LogP contribution in [0.5, 0.6) is 0 Å². The Morgan fingerprint density at radius 2 is 1.95 bits per heavy atom. The summed E-state index contributed by atoms with van der Waals surface area (Å²) < 4.78 is 0. The van der Waals surface area contributed by atoms with Crippen LogP contribution < -0.4 is 0 Å².